The fourth-order valence-corrected chi connectivity index (χ4v) is 11.3. The molecule has 8 heteroatoms. The Balaban J connectivity index is 0.878. The lowest BCUT2D eigenvalue weighted by Gasteiger charge is -2.58. The summed E-state index contributed by atoms with van der Waals surface area (Å²) in [6, 6.07) is 18.7. The molecule has 303 valence electrons. The molecule has 3 aromatic carbocycles. The lowest BCUT2D eigenvalue weighted by atomic mass is 9.47. The third-order valence-corrected chi connectivity index (χ3v) is 14.3. The number of hydrogen-bond acceptors (Lipinski definition) is 8. The largest absolute Gasteiger partial charge is 0.514 e. The van der Waals surface area contributed by atoms with Crippen LogP contribution in [0, 0.1) is 53.4 Å². The Bertz CT molecular complexity index is 1910. The van der Waals surface area contributed by atoms with Gasteiger partial charge in [0.1, 0.15) is 36.2 Å². The number of carbonyl (C=O) groups excluding carboxylic acids is 3. The van der Waals surface area contributed by atoms with Crippen LogP contribution < -0.4 is 18.9 Å². The van der Waals surface area contributed by atoms with Crippen molar-refractivity contribution in [1.82, 2.24) is 0 Å². The molecule has 8 nitrogen and oxygen atoms in total. The smallest absolute Gasteiger partial charge is 0.490 e. The Labute approximate surface area is 338 Å². The van der Waals surface area contributed by atoms with Crippen LogP contribution in [-0.4, -0.2) is 24.2 Å². The molecule has 4 aliphatic rings. The van der Waals surface area contributed by atoms with Crippen molar-refractivity contribution < 1.29 is 38.1 Å². The van der Waals surface area contributed by atoms with Crippen molar-refractivity contribution in [3.8, 4) is 23.0 Å². The molecule has 0 spiro atoms. The molecule has 8 unspecified atom stereocenters. The molecule has 57 heavy (non-hydrogen) atoms. The van der Waals surface area contributed by atoms with Crippen LogP contribution in [0.25, 0.3) is 0 Å². The Morgan fingerprint density at radius 3 is 1.88 bits per heavy atom. The van der Waals surface area contributed by atoms with Gasteiger partial charge in [0.15, 0.2) is 0 Å². The van der Waals surface area contributed by atoms with Gasteiger partial charge >= 0.3 is 18.1 Å². The molecule has 3 fully saturated rings. The van der Waals surface area contributed by atoms with Crippen LogP contribution in [0.2, 0.25) is 0 Å². The van der Waals surface area contributed by atoms with Gasteiger partial charge < -0.3 is 23.7 Å². The predicted molar refractivity (Wildman–Crippen MR) is 219 cm³/mol. The SMILES string of the molecule is [CH2]Oc1ccc(C(=O)Oc2ccc(OC(=O)c3ccc(OC(=O)OC4CCC5(C)C(=CCC6C5CCC5(C)C(C(C)CCCC(C)C)CCC65)C4)cc3)cc2)cc1. The number of benzene rings is 3. The maximum Gasteiger partial charge on any atom is 0.514 e. The maximum absolute atomic E-state index is 13.0. The minimum Gasteiger partial charge on any atom is -0.490 e. The summed E-state index contributed by atoms with van der Waals surface area (Å²) in [6.07, 6.45) is 14.9. The summed E-state index contributed by atoms with van der Waals surface area (Å²) in [7, 11) is 3.34. The number of hydrogen-bond donors (Lipinski definition) is 0. The van der Waals surface area contributed by atoms with Crippen molar-refractivity contribution in [2.24, 2.45) is 46.3 Å². The lowest BCUT2D eigenvalue weighted by molar-refractivity contribution is -0.0597. The van der Waals surface area contributed by atoms with Crippen LogP contribution in [-0.2, 0) is 4.74 Å². The molecule has 0 N–H and O–H groups in total. The predicted octanol–water partition coefficient (Wildman–Crippen LogP) is 12.2. The van der Waals surface area contributed by atoms with Crippen LogP contribution in [0.3, 0.4) is 0 Å². The first-order valence-electron chi connectivity index (χ1n) is 21.1. The second kappa shape index (κ2) is 17.1. The molecule has 0 heterocycles. The van der Waals surface area contributed by atoms with E-state index in [1.807, 2.05) is 0 Å². The second-order valence-electron chi connectivity index (χ2n) is 18.1. The van der Waals surface area contributed by atoms with E-state index in [0.717, 1.165) is 55.3 Å². The van der Waals surface area contributed by atoms with E-state index in [0.29, 0.717) is 28.4 Å². The summed E-state index contributed by atoms with van der Waals surface area (Å²) >= 11 is 0. The van der Waals surface area contributed by atoms with E-state index in [2.05, 4.69) is 47.8 Å². The van der Waals surface area contributed by atoms with E-state index < -0.39 is 18.1 Å². The number of carbonyl (C=O) groups is 3. The summed E-state index contributed by atoms with van der Waals surface area (Å²) in [5.41, 5.74) is 2.74. The Hall–Kier alpha value is -4.59. The minimum absolute atomic E-state index is 0.171. The van der Waals surface area contributed by atoms with Gasteiger partial charge in [-0.25, -0.2) is 14.4 Å². The monoisotopic (exact) mass is 775 g/mol. The molecule has 3 aromatic rings. The minimum atomic E-state index is -0.730. The summed E-state index contributed by atoms with van der Waals surface area (Å²) in [4.78, 5) is 38.2. The summed E-state index contributed by atoms with van der Waals surface area (Å²) in [5, 5.41) is 0. The molecule has 3 saturated carbocycles. The first kappa shape index (κ1) is 40.6. The zero-order chi connectivity index (χ0) is 40.3. The highest BCUT2D eigenvalue weighted by Crippen LogP contribution is 2.67. The van der Waals surface area contributed by atoms with Gasteiger partial charge in [0.2, 0.25) is 0 Å². The van der Waals surface area contributed by atoms with Gasteiger partial charge in [-0.3, -0.25) is 0 Å². The van der Waals surface area contributed by atoms with Gasteiger partial charge in [-0.1, -0.05) is 65.5 Å². The van der Waals surface area contributed by atoms with Crippen molar-refractivity contribution in [2.45, 2.75) is 111 Å². The molecule has 0 bridgehead atoms. The Morgan fingerprint density at radius 2 is 1.28 bits per heavy atom. The first-order chi connectivity index (χ1) is 27.4. The molecule has 0 aliphatic heterocycles. The van der Waals surface area contributed by atoms with Gasteiger partial charge in [-0.2, -0.15) is 0 Å². The van der Waals surface area contributed by atoms with E-state index in [1.54, 1.807) is 36.4 Å². The van der Waals surface area contributed by atoms with Crippen molar-refractivity contribution in [3.05, 3.63) is 103 Å². The first-order valence-corrected chi connectivity index (χ1v) is 21.1. The van der Waals surface area contributed by atoms with Gasteiger partial charge in [-0.15, -0.1) is 0 Å². The fourth-order valence-electron chi connectivity index (χ4n) is 11.3. The normalized spacial score (nSPS) is 28.2. The van der Waals surface area contributed by atoms with Crippen LogP contribution in [0.1, 0.15) is 126 Å². The quantitative estimate of drug-likeness (QED) is 0.0776. The van der Waals surface area contributed by atoms with E-state index in [-0.39, 0.29) is 28.6 Å². The molecular weight excluding hydrogens is 717 g/mol. The third-order valence-electron chi connectivity index (χ3n) is 14.3. The molecule has 4 aliphatic carbocycles. The third kappa shape index (κ3) is 8.80. The Morgan fingerprint density at radius 1 is 0.702 bits per heavy atom. The van der Waals surface area contributed by atoms with Gasteiger partial charge in [0.25, 0.3) is 0 Å². The second-order valence-corrected chi connectivity index (χ2v) is 18.1. The van der Waals surface area contributed by atoms with Crippen LogP contribution >= 0.6 is 0 Å². The van der Waals surface area contributed by atoms with Gasteiger partial charge in [-0.05, 0) is 164 Å². The number of esters is 2. The van der Waals surface area contributed by atoms with Crippen LogP contribution in [0.4, 0.5) is 4.79 Å². The Kier molecular flexibility index (Phi) is 12.2. The van der Waals surface area contributed by atoms with E-state index >= 15 is 0 Å². The van der Waals surface area contributed by atoms with E-state index in [9.17, 15) is 14.4 Å². The topological polar surface area (TPSA) is 97.4 Å². The van der Waals surface area contributed by atoms with Crippen molar-refractivity contribution >= 4 is 18.1 Å². The number of fused-ring (bicyclic) bond motifs is 5. The molecule has 0 amide bonds. The number of rotatable bonds is 12. The zero-order valence-corrected chi connectivity index (χ0v) is 34.3. The van der Waals surface area contributed by atoms with E-state index in [4.69, 9.17) is 23.7 Å². The van der Waals surface area contributed by atoms with E-state index in [1.165, 1.54) is 86.9 Å². The summed E-state index contributed by atoms with van der Waals surface area (Å²) in [6.45, 7) is 12.4. The summed E-state index contributed by atoms with van der Waals surface area (Å²) < 4.78 is 27.2. The highest BCUT2D eigenvalue weighted by molar-refractivity contribution is 5.92. The number of ether oxygens (including phenoxy) is 5. The van der Waals surface area contributed by atoms with Crippen molar-refractivity contribution in [1.29, 1.82) is 0 Å². The lowest BCUT2D eigenvalue weighted by Crippen LogP contribution is -2.51. The van der Waals surface area contributed by atoms with Gasteiger partial charge in [0.05, 0.1) is 11.1 Å². The standard InChI is InChI=1S/C49H59O8/c1-31(2)8-7-9-32(3)42-24-25-43-41-23-14-35-30-40(26-28-48(35,4)44(41)27-29-49(42,43)5)57-47(52)56-39-17-12-34(13-18-39)46(51)55-38-21-19-37(20-22-38)54-45(50)33-10-15-36(53-6)16-11-33/h10-22,31-32,40-44H,6-9,23-30H2,1-5H3. The molecule has 1 radical (unpaired) electrons. The molecule has 0 saturated heterocycles. The van der Waals surface area contributed by atoms with Crippen molar-refractivity contribution in [2.75, 3.05) is 0 Å². The molecule has 0 aromatic heterocycles. The number of allylic oxidation sites excluding steroid dienone is 1. The summed E-state index contributed by atoms with van der Waals surface area (Å²) in [5.74, 6) is 4.99. The molecule has 8 atom stereocenters. The zero-order valence-electron chi connectivity index (χ0n) is 34.3. The fraction of sp³-hybridized carbons (Fsp3) is 0.510. The highest BCUT2D eigenvalue weighted by Gasteiger charge is 2.59. The average molecular weight is 776 g/mol. The van der Waals surface area contributed by atoms with Crippen molar-refractivity contribution in [3.63, 3.8) is 0 Å². The van der Waals surface area contributed by atoms with Crippen LogP contribution in [0.15, 0.2) is 84.4 Å². The molecule has 7 rings (SSSR count). The average Bonchev–Trinajstić information content (AvgIpc) is 3.56. The highest BCUT2D eigenvalue weighted by atomic mass is 16.7. The maximum atomic E-state index is 13.0. The van der Waals surface area contributed by atoms with Crippen LogP contribution in [0.5, 0.6) is 23.0 Å². The molecular formula is C49H59O8. The van der Waals surface area contributed by atoms with Gasteiger partial charge in [0, 0.05) is 6.42 Å².